The van der Waals surface area contributed by atoms with Crippen molar-refractivity contribution in [2.24, 2.45) is 0 Å². The summed E-state index contributed by atoms with van der Waals surface area (Å²) in [5, 5.41) is 11.7. The number of carbonyl (C=O) groups is 1. The third-order valence-corrected chi connectivity index (χ3v) is 5.61. The van der Waals surface area contributed by atoms with Gasteiger partial charge in [-0.3, -0.25) is 4.79 Å². The van der Waals surface area contributed by atoms with Crippen LogP contribution in [0.15, 0.2) is 36.7 Å². The summed E-state index contributed by atoms with van der Waals surface area (Å²) in [7, 11) is 3.95. The third kappa shape index (κ3) is 4.62. The van der Waals surface area contributed by atoms with Gasteiger partial charge in [-0.25, -0.2) is 9.97 Å². The summed E-state index contributed by atoms with van der Waals surface area (Å²) in [5.41, 5.74) is 10.8. The fraction of sp³-hybridized carbons (Fsp3) is 0.304. The van der Waals surface area contributed by atoms with Crippen molar-refractivity contribution < 1.29 is 4.79 Å². The van der Waals surface area contributed by atoms with E-state index in [4.69, 9.17) is 11.1 Å². The molecule has 0 spiro atoms. The number of hydrogen-bond donors (Lipinski definition) is 4. The van der Waals surface area contributed by atoms with Gasteiger partial charge in [0.15, 0.2) is 0 Å². The number of nitrogen functional groups attached to an aromatic ring is 1. The zero-order valence-electron chi connectivity index (χ0n) is 18.4. The lowest BCUT2D eigenvalue weighted by Gasteiger charge is -2.26. The van der Waals surface area contributed by atoms with E-state index in [0.29, 0.717) is 36.6 Å². The molecule has 1 aliphatic heterocycles. The highest BCUT2D eigenvalue weighted by atomic mass is 16.2. The van der Waals surface area contributed by atoms with E-state index in [2.05, 4.69) is 26.3 Å². The molecule has 0 radical (unpaired) electrons. The number of benzene rings is 1. The lowest BCUT2D eigenvalue weighted by molar-refractivity contribution is -0.131. The second-order valence-electron chi connectivity index (χ2n) is 8.15. The predicted octanol–water partition coefficient (Wildman–Crippen LogP) is 2.85. The SMILES string of the molecule is CN(C)CCC(=O)N1CC=C(c2cc3c(Nc4ccc(N)c(C=N)c4)ncnc3[nH]2)CC1. The Morgan fingerprint density at radius 2 is 2.19 bits per heavy atom. The van der Waals surface area contributed by atoms with Crippen molar-refractivity contribution in [2.75, 3.05) is 44.8 Å². The van der Waals surface area contributed by atoms with E-state index in [1.54, 1.807) is 6.07 Å². The number of fused-ring (bicyclic) bond motifs is 1. The number of amides is 1. The molecule has 0 aliphatic carbocycles. The van der Waals surface area contributed by atoms with Crippen molar-refractivity contribution in [1.29, 1.82) is 5.41 Å². The Balaban J connectivity index is 1.52. The van der Waals surface area contributed by atoms with Crippen molar-refractivity contribution in [2.45, 2.75) is 12.8 Å². The van der Waals surface area contributed by atoms with Crippen molar-refractivity contribution in [3.8, 4) is 0 Å². The summed E-state index contributed by atoms with van der Waals surface area (Å²) >= 11 is 0. The highest BCUT2D eigenvalue weighted by Gasteiger charge is 2.19. The Kier molecular flexibility index (Phi) is 6.18. The lowest BCUT2D eigenvalue weighted by atomic mass is 10.0. The van der Waals surface area contributed by atoms with Gasteiger partial charge in [0, 0.05) is 54.9 Å². The summed E-state index contributed by atoms with van der Waals surface area (Å²) in [6.45, 7) is 2.09. The summed E-state index contributed by atoms with van der Waals surface area (Å²) in [4.78, 5) is 28.5. The van der Waals surface area contributed by atoms with Gasteiger partial charge in [-0.05, 0) is 50.4 Å². The van der Waals surface area contributed by atoms with Crippen LogP contribution in [-0.4, -0.2) is 70.6 Å². The van der Waals surface area contributed by atoms with Crippen LogP contribution < -0.4 is 11.1 Å². The van der Waals surface area contributed by atoms with Gasteiger partial charge in [0.05, 0.1) is 5.39 Å². The normalized spacial score (nSPS) is 14.0. The number of H-pyrrole nitrogens is 1. The molecular weight excluding hydrogens is 404 g/mol. The lowest BCUT2D eigenvalue weighted by Crippen LogP contribution is -2.36. The van der Waals surface area contributed by atoms with Crippen molar-refractivity contribution in [3.63, 3.8) is 0 Å². The van der Waals surface area contributed by atoms with Crippen LogP contribution in [0.25, 0.3) is 16.6 Å². The Hall–Kier alpha value is -3.72. The minimum absolute atomic E-state index is 0.191. The molecule has 1 aromatic carbocycles. The molecule has 1 aliphatic rings. The van der Waals surface area contributed by atoms with Crippen LogP contribution in [0.4, 0.5) is 17.2 Å². The van der Waals surface area contributed by atoms with Crippen LogP contribution in [0.1, 0.15) is 24.1 Å². The minimum atomic E-state index is 0.191. The minimum Gasteiger partial charge on any atom is -0.398 e. The monoisotopic (exact) mass is 432 g/mol. The standard InChI is InChI=1S/C23H28N8O/c1-30(2)8-7-21(32)31-9-5-15(6-10-31)20-12-18-22(26-14-27-23(18)29-20)28-17-3-4-19(25)16(11-17)13-24/h3-5,11-14,24H,6-10,25H2,1-2H3,(H2,26,27,28,29). The molecule has 1 amide bonds. The molecule has 3 aromatic rings. The van der Waals surface area contributed by atoms with Gasteiger partial charge in [-0.2, -0.15) is 0 Å². The zero-order chi connectivity index (χ0) is 22.7. The van der Waals surface area contributed by atoms with E-state index < -0.39 is 0 Å². The van der Waals surface area contributed by atoms with Crippen LogP contribution in [0.5, 0.6) is 0 Å². The van der Waals surface area contributed by atoms with Gasteiger partial charge in [0.1, 0.15) is 17.8 Å². The smallest absolute Gasteiger partial charge is 0.224 e. The van der Waals surface area contributed by atoms with Gasteiger partial charge in [-0.15, -0.1) is 0 Å². The number of aromatic amines is 1. The summed E-state index contributed by atoms with van der Waals surface area (Å²) in [6.07, 6.45) is 6.18. The fourth-order valence-electron chi connectivity index (χ4n) is 3.74. The van der Waals surface area contributed by atoms with Gasteiger partial charge in [0.2, 0.25) is 5.91 Å². The topological polar surface area (TPSA) is 127 Å². The average molecular weight is 433 g/mol. The quantitative estimate of drug-likeness (QED) is 0.336. The number of nitrogens with zero attached hydrogens (tertiary/aromatic N) is 4. The molecular formula is C23H28N8O. The molecule has 0 saturated carbocycles. The summed E-state index contributed by atoms with van der Waals surface area (Å²) in [6, 6.07) is 7.48. The fourth-order valence-corrected chi connectivity index (χ4v) is 3.74. The first kappa shape index (κ1) is 21.5. The summed E-state index contributed by atoms with van der Waals surface area (Å²) in [5.74, 6) is 0.867. The predicted molar refractivity (Wildman–Crippen MR) is 128 cm³/mol. The molecule has 5 N–H and O–H groups in total. The first-order valence-corrected chi connectivity index (χ1v) is 10.6. The Morgan fingerprint density at radius 3 is 2.91 bits per heavy atom. The molecule has 0 bridgehead atoms. The van der Waals surface area contributed by atoms with Crippen LogP contribution in [0.2, 0.25) is 0 Å². The number of aromatic nitrogens is 3. The Morgan fingerprint density at radius 1 is 1.34 bits per heavy atom. The molecule has 2 aromatic heterocycles. The summed E-state index contributed by atoms with van der Waals surface area (Å²) < 4.78 is 0. The van der Waals surface area contributed by atoms with Crippen molar-refractivity contribution in [1.82, 2.24) is 24.8 Å². The first-order chi connectivity index (χ1) is 15.4. The van der Waals surface area contributed by atoms with E-state index in [9.17, 15) is 4.79 Å². The maximum atomic E-state index is 12.4. The maximum Gasteiger partial charge on any atom is 0.224 e. The molecule has 0 saturated heterocycles. The van der Waals surface area contributed by atoms with E-state index in [1.165, 1.54) is 18.1 Å². The zero-order valence-corrected chi connectivity index (χ0v) is 18.4. The van der Waals surface area contributed by atoms with Crippen LogP contribution in [0, 0.1) is 5.41 Å². The van der Waals surface area contributed by atoms with E-state index in [-0.39, 0.29) is 5.91 Å². The van der Waals surface area contributed by atoms with Gasteiger partial charge >= 0.3 is 0 Å². The first-order valence-electron chi connectivity index (χ1n) is 10.6. The van der Waals surface area contributed by atoms with Gasteiger partial charge in [-0.1, -0.05) is 6.08 Å². The van der Waals surface area contributed by atoms with E-state index in [0.717, 1.165) is 35.4 Å². The maximum absolute atomic E-state index is 12.4. The third-order valence-electron chi connectivity index (χ3n) is 5.61. The van der Waals surface area contributed by atoms with Gasteiger partial charge in [0.25, 0.3) is 0 Å². The molecule has 166 valence electrons. The van der Waals surface area contributed by atoms with E-state index >= 15 is 0 Å². The van der Waals surface area contributed by atoms with Crippen LogP contribution in [0.3, 0.4) is 0 Å². The number of nitrogens with two attached hydrogens (primary N) is 1. The molecule has 0 fully saturated rings. The number of anilines is 3. The van der Waals surface area contributed by atoms with Crippen LogP contribution in [-0.2, 0) is 4.79 Å². The number of nitrogens with one attached hydrogen (secondary N) is 3. The van der Waals surface area contributed by atoms with E-state index in [1.807, 2.05) is 42.1 Å². The van der Waals surface area contributed by atoms with Gasteiger partial charge < -0.3 is 31.2 Å². The molecule has 9 nitrogen and oxygen atoms in total. The van der Waals surface area contributed by atoms with Crippen molar-refractivity contribution >= 4 is 45.9 Å². The number of rotatable bonds is 7. The molecule has 0 atom stereocenters. The largest absolute Gasteiger partial charge is 0.398 e. The Labute approximate surface area is 186 Å². The van der Waals surface area contributed by atoms with Crippen molar-refractivity contribution in [3.05, 3.63) is 47.9 Å². The van der Waals surface area contributed by atoms with Crippen LogP contribution >= 0.6 is 0 Å². The molecule has 9 heteroatoms. The Bertz CT molecular complexity index is 1180. The molecule has 4 rings (SSSR count). The number of carbonyl (C=O) groups excluding carboxylic acids is 1. The second kappa shape index (κ2) is 9.19. The highest BCUT2D eigenvalue weighted by molar-refractivity contribution is 5.93. The highest BCUT2D eigenvalue weighted by Crippen LogP contribution is 2.29. The average Bonchev–Trinajstić information content (AvgIpc) is 3.24. The molecule has 3 heterocycles. The molecule has 0 unspecified atom stereocenters. The molecule has 32 heavy (non-hydrogen) atoms. The second-order valence-corrected chi connectivity index (χ2v) is 8.15. The number of hydrogen-bond acceptors (Lipinski definition) is 7.